The highest BCUT2D eigenvalue weighted by molar-refractivity contribution is 7.14. The molecule has 2 amide bonds. The number of hydrogen-bond acceptors (Lipinski definition) is 6. The van der Waals surface area contributed by atoms with Crippen LogP contribution < -0.4 is 20.1 Å². The van der Waals surface area contributed by atoms with Crippen LogP contribution in [0.4, 0.5) is 24.0 Å². The lowest BCUT2D eigenvalue weighted by molar-refractivity contribution is -0.137. The summed E-state index contributed by atoms with van der Waals surface area (Å²) in [6.07, 6.45) is -4.46. The van der Waals surface area contributed by atoms with Gasteiger partial charge < -0.3 is 14.8 Å². The monoisotopic (exact) mass is 451 g/mol. The highest BCUT2D eigenvalue weighted by Crippen LogP contribution is 2.30. The average Bonchev–Trinajstić information content (AvgIpc) is 3.21. The zero-order valence-corrected chi connectivity index (χ0v) is 17.1. The molecule has 0 aliphatic heterocycles. The van der Waals surface area contributed by atoms with E-state index in [4.69, 9.17) is 9.47 Å². The van der Waals surface area contributed by atoms with Crippen molar-refractivity contribution in [1.29, 1.82) is 0 Å². The molecule has 3 aromatic rings. The molecular formula is C20H16F3N3O4S. The third-order valence-electron chi connectivity index (χ3n) is 4.04. The molecule has 11 heteroatoms. The number of carbonyl (C=O) groups excluding carboxylic acids is 2. The summed E-state index contributed by atoms with van der Waals surface area (Å²) in [6, 6.07) is 8.67. The van der Waals surface area contributed by atoms with Gasteiger partial charge in [0.25, 0.3) is 11.8 Å². The summed E-state index contributed by atoms with van der Waals surface area (Å²) in [5.74, 6) is -0.249. The Morgan fingerprint density at radius 2 is 1.55 bits per heavy atom. The van der Waals surface area contributed by atoms with Gasteiger partial charge in [-0.15, -0.1) is 11.3 Å². The summed E-state index contributed by atoms with van der Waals surface area (Å²) in [5, 5.41) is 6.62. The number of nitrogens with zero attached hydrogens (tertiary/aromatic N) is 1. The van der Waals surface area contributed by atoms with E-state index >= 15 is 0 Å². The van der Waals surface area contributed by atoms with Crippen molar-refractivity contribution < 1.29 is 32.2 Å². The van der Waals surface area contributed by atoms with Crippen molar-refractivity contribution in [3.8, 4) is 11.5 Å². The van der Waals surface area contributed by atoms with Crippen molar-refractivity contribution in [1.82, 2.24) is 4.98 Å². The van der Waals surface area contributed by atoms with Gasteiger partial charge in [0.1, 0.15) is 17.2 Å². The number of rotatable bonds is 6. The topological polar surface area (TPSA) is 89.6 Å². The van der Waals surface area contributed by atoms with E-state index in [-0.39, 0.29) is 22.1 Å². The highest BCUT2D eigenvalue weighted by atomic mass is 32.1. The maximum atomic E-state index is 12.6. The molecule has 162 valence electrons. The van der Waals surface area contributed by atoms with E-state index in [1.165, 1.54) is 31.7 Å². The van der Waals surface area contributed by atoms with Crippen LogP contribution >= 0.6 is 11.3 Å². The number of amides is 2. The Morgan fingerprint density at radius 1 is 0.935 bits per heavy atom. The number of methoxy groups -OCH3 is 2. The van der Waals surface area contributed by atoms with E-state index in [0.717, 1.165) is 35.6 Å². The van der Waals surface area contributed by atoms with Gasteiger partial charge in [0, 0.05) is 22.7 Å². The molecule has 31 heavy (non-hydrogen) atoms. The van der Waals surface area contributed by atoms with Gasteiger partial charge in [0.15, 0.2) is 5.13 Å². The number of carbonyl (C=O) groups is 2. The average molecular weight is 451 g/mol. The van der Waals surface area contributed by atoms with Crippen LogP contribution in [0.3, 0.4) is 0 Å². The van der Waals surface area contributed by atoms with Crippen molar-refractivity contribution in [3.63, 3.8) is 0 Å². The lowest BCUT2D eigenvalue weighted by Gasteiger charge is -2.08. The summed E-state index contributed by atoms with van der Waals surface area (Å²) in [4.78, 5) is 28.8. The summed E-state index contributed by atoms with van der Waals surface area (Å²) >= 11 is 1.02. The maximum absolute atomic E-state index is 12.6. The van der Waals surface area contributed by atoms with Gasteiger partial charge in [0.05, 0.1) is 19.8 Å². The van der Waals surface area contributed by atoms with Crippen LogP contribution in [0.25, 0.3) is 0 Å². The van der Waals surface area contributed by atoms with Crippen LogP contribution in [0.5, 0.6) is 11.5 Å². The largest absolute Gasteiger partial charge is 0.497 e. The first-order valence-corrected chi connectivity index (χ1v) is 9.56. The van der Waals surface area contributed by atoms with Gasteiger partial charge >= 0.3 is 6.18 Å². The van der Waals surface area contributed by atoms with Crippen molar-refractivity contribution in [3.05, 3.63) is 64.7 Å². The van der Waals surface area contributed by atoms with Gasteiger partial charge in [-0.05, 0) is 36.4 Å². The SMILES string of the molecule is COc1cc(OC)cc(C(=O)Nc2nc(C(=O)Nc3ccc(C(F)(F)F)cc3)cs2)c1. The number of aromatic nitrogens is 1. The maximum Gasteiger partial charge on any atom is 0.416 e. The predicted molar refractivity (Wildman–Crippen MR) is 109 cm³/mol. The smallest absolute Gasteiger partial charge is 0.416 e. The Balaban J connectivity index is 1.67. The van der Waals surface area contributed by atoms with E-state index in [0.29, 0.717) is 11.5 Å². The lowest BCUT2D eigenvalue weighted by atomic mass is 10.2. The zero-order chi connectivity index (χ0) is 22.6. The molecule has 0 saturated heterocycles. The van der Waals surface area contributed by atoms with Crippen molar-refractivity contribution >= 4 is 34.0 Å². The molecule has 3 rings (SSSR count). The van der Waals surface area contributed by atoms with Gasteiger partial charge in [0.2, 0.25) is 0 Å². The van der Waals surface area contributed by atoms with Crippen LogP contribution in [0.2, 0.25) is 0 Å². The Kier molecular flexibility index (Phi) is 6.44. The molecule has 2 aromatic carbocycles. The van der Waals surface area contributed by atoms with Crippen LogP contribution in [-0.2, 0) is 6.18 Å². The fourth-order valence-electron chi connectivity index (χ4n) is 2.48. The second-order valence-electron chi connectivity index (χ2n) is 6.12. The molecule has 0 saturated carbocycles. The summed E-state index contributed by atoms with van der Waals surface area (Å²) in [6.45, 7) is 0. The normalized spacial score (nSPS) is 11.0. The fourth-order valence-corrected chi connectivity index (χ4v) is 3.17. The van der Waals surface area contributed by atoms with Crippen molar-refractivity contribution in [2.45, 2.75) is 6.18 Å². The molecule has 0 atom stereocenters. The molecule has 0 unspecified atom stereocenters. The lowest BCUT2D eigenvalue weighted by Crippen LogP contribution is -2.14. The van der Waals surface area contributed by atoms with Gasteiger partial charge in [-0.25, -0.2) is 4.98 Å². The Labute approximate surface area is 178 Å². The fraction of sp³-hybridized carbons (Fsp3) is 0.150. The molecule has 0 aliphatic carbocycles. The predicted octanol–water partition coefficient (Wildman–Crippen LogP) is 4.68. The van der Waals surface area contributed by atoms with Crippen molar-refractivity contribution in [2.75, 3.05) is 24.9 Å². The van der Waals surface area contributed by atoms with Crippen LogP contribution in [0.1, 0.15) is 26.4 Å². The number of hydrogen-bond donors (Lipinski definition) is 2. The summed E-state index contributed by atoms with van der Waals surface area (Å²) < 4.78 is 48.1. The summed E-state index contributed by atoms with van der Waals surface area (Å²) in [7, 11) is 2.91. The van der Waals surface area contributed by atoms with E-state index < -0.39 is 23.6 Å². The Bertz CT molecular complexity index is 1080. The van der Waals surface area contributed by atoms with Crippen molar-refractivity contribution in [2.24, 2.45) is 0 Å². The third-order valence-corrected chi connectivity index (χ3v) is 4.80. The molecule has 0 fully saturated rings. The van der Waals surface area contributed by atoms with E-state index in [1.807, 2.05) is 0 Å². The molecular weight excluding hydrogens is 435 g/mol. The molecule has 1 aromatic heterocycles. The Hall–Kier alpha value is -3.60. The first kappa shape index (κ1) is 22.1. The number of thiazole rings is 1. The van der Waals surface area contributed by atoms with E-state index in [9.17, 15) is 22.8 Å². The van der Waals surface area contributed by atoms with Gasteiger partial charge in [-0.2, -0.15) is 13.2 Å². The number of anilines is 2. The minimum Gasteiger partial charge on any atom is -0.497 e. The zero-order valence-electron chi connectivity index (χ0n) is 16.2. The number of benzene rings is 2. The molecule has 7 nitrogen and oxygen atoms in total. The van der Waals surface area contributed by atoms with Crippen LogP contribution in [0, 0.1) is 0 Å². The minimum atomic E-state index is -4.46. The number of halogens is 3. The summed E-state index contributed by atoms with van der Waals surface area (Å²) in [5.41, 5.74) is -0.371. The molecule has 0 aliphatic rings. The minimum absolute atomic E-state index is 0.00317. The second kappa shape index (κ2) is 9.04. The standard InChI is InChI=1S/C20H16F3N3O4S/c1-29-14-7-11(8-15(9-14)30-2)17(27)26-19-25-16(10-31-19)18(28)24-13-5-3-12(4-6-13)20(21,22)23/h3-10H,1-2H3,(H,24,28)(H,25,26,27). The quantitative estimate of drug-likeness (QED) is 0.568. The number of ether oxygens (including phenoxy) is 2. The highest BCUT2D eigenvalue weighted by Gasteiger charge is 2.30. The molecule has 0 bridgehead atoms. The molecule has 1 heterocycles. The number of alkyl halides is 3. The molecule has 0 spiro atoms. The number of nitrogens with one attached hydrogen (secondary N) is 2. The van der Waals surface area contributed by atoms with Crippen LogP contribution in [0.15, 0.2) is 47.8 Å². The van der Waals surface area contributed by atoms with Gasteiger partial charge in [-0.3, -0.25) is 14.9 Å². The molecule has 0 radical (unpaired) electrons. The Morgan fingerprint density at radius 3 is 2.10 bits per heavy atom. The first-order valence-electron chi connectivity index (χ1n) is 8.68. The second-order valence-corrected chi connectivity index (χ2v) is 6.98. The van der Waals surface area contributed by atoms with E-state index in [1.54, 1.807) is 6.07 Å². The van der Waals surface area contributed by atoms with E-state index in [2.05, 4.69) is 15.6 Å². The van der Waals surface area contributed by atoms with Crippen LogP contribution in [-0.4, -0.2) is 31.0 Å². The van der Waals surface area contributed by atoms with Gasteiger partial charge in [-0.1, -0.05) is 0 Å². The first-order chi connectivity index (χ1) is 14.7. The third kappa shape index (κ3) is 5.51. The molecule has 2 N–H and O–H groups in total.